The second kappa shape index (κ2) is 5.87. The molecule has 1 N–H and O–H groups in total. The van der Waals surface area contributed by atoms with Crippen molar-refractivity contribution in [3.63, 3.8) is 0 Å². The number of carbonyl (C=O) groups excluding carboxylic acids is 1. The molecule has 0 saturated carbocycles. The van der Waals surface area contributed by atoms with Gasteiger partial charge >= 0.3 is 0 Å². The number of rotatable bonds is 5. The molecule has 0 aliphatic heterocycles. The summed E-state index contributed by atoms with van der Waals surface area (Å²) in [5.74, 6) is -0.159. The van der Waals surface area contributed by atoms with E-state index in [1.165, 1.54) is 30.4 Å². The van der Waals surface area contributed by atoms with Gasteiger partial charge in [-0.1, -0.05) is 18.2 Å². The van der Waals surface area contributed by atoms with E-state index in [1.807, 2.05) is 17.5 Å². The average Bonchev–Trinajstić information content (AvgIpc) is 2.92. The molecule has 0 spiro atoms. The molecule has 2 rings (SSSR count). The van der Waals surface area contributed by atoms with E-state index in [2.05, 4.69) is 4.72 Å². The standard InChI is InChI=1S/C14H15NO3S2/c1-10(14-7-4-8-19-14)15-20(17,18)13-6-3-5-12(9-13)11(2)16/h3-10,15H,1-2H3. The number of thiophene rings is 1. The normalized spacial score (nSPS) is 13.1. The summed E-state index contributed by atoms with van der Waals surface area (Å²) in [7, 11) is -3.64. The lowest BCUT2D eigenvalue weighted by Crippen LogP contribution is -2.26. The van der Waals surface area contributed by atoms with Crippen molar-refractivity contribution in [3.05, 3.63) is 52.2 Å². The number of ketones is 1. The van der Waals surface area contributed by atoms with Gasteiger partial charge in [0.2, 0.25) is 10.0 Å². The summed E-state index contributed by atoms with van der Waals surface area (Å²) >= 11 is 1.49. The summed E-state index contributed by atoms with van der Waals surface area (Å²) in [6.45, 7) is 3.20. The molecule has 1 aromatic carbocycles. The first-order valence-electron chi connectivity index (χ1n) is 6.07. The van der Waals surface area contributed by atoms with Gasteiger partial charge in [0.05, 0.1) is 10.9 Å². The number of sulfonamides is 1. The smallest absolute Gasteiger partial charge is 0.241 e. The molecule has 0 aliphatic carbocycles. The van der Waals surface area contributed by atoms with Crippen LogP contribution >= 0.6 is 11.3 Å². The zero-order chi connectivity index (χ0) is 14.8. The highest BCUT2D eigenvalue weighted by atomic mass is 32.2. The summed E-state index contributed by atoms with van der Waals surface area (Å²) in [4.78, 5) is 12.4. The molecule has 1 atom stereocenters. The van der Waals surface area contributed by atoms with Crippen LogP contribution in [0.15, 0.2) is 46.7 Å². The van der Waals surface area contributed by atoms with Gasteiger partial charge in [0, 0.05) is 10.4 Å². The Morgan fingerprint density at radius 1 is 1.25 bits per heavy atom. The number of hydrogen-bond acceptors (Lipinski definition) is 4. The number of nitrogens with one attached hydrogen (secondary N) is 1. The van der Waals surface area contributed by atoms with Gasteiger partial charge in [0.1, 0.15) is 0 Å². The second-order valence-corrected chi connectivity index (χ2v) is 7.14. The van der Waals surface area contributed by atoms with Crippen LogP contribution in [0, 0.1) is 0 Å². The maximum Gasteiger partial charge on any atom is 0.241 e. The van der Waals surface area contributed by atoms with Crippen LogP contribution in [0.1, 0.15) is 35.1 Å². The fraction of sp³-hybridized carbons (Fsp3) is 0.214. The van der Waals surface area contributed by atoms with Crippen molar-refractivity contribution in [2.75, 3.05) is 0 Å². The van der Waals surface area contributed by atoms with Crippen molar-refractivity contribution in [1.29, 1.82) is 0 Å². The van der Waals surface area contributed by atoms with Gasteiger partial charge in [-0.2, -0.15) is 0 Å². The van der Waals surface area contributed by atoms with Gasteiger partial charge in [-0.3, -0.25) is 4.79 Å². The zero-order valence-electron chi connectivity index (χ0n) is 11.2. The SMILES string of the molecule is CC(=O)c1cccc(S(=O)(=O)NC(C)c2cccs2)c1. The first-order valence-corrected chi connectivity index (χ1v) is 8.43. The molecule has 1 aromatic heterocycles. The van der Waals surface area contributed by atoms with Crippen molar-refractivity contribution in [2.24, 2.45) is 0 Å². The zero-order valence-corrected chi connectivity index (χ0v) is 12.8. The average molecular weight is 309 g/mol. The molecule has 6 heteroatoms. The van der Waals surface area contributed by atoms with Gasteiger partial charge in [0.25, 0.3) is 0 Å². The maximum absolute atomic E-state index is 12.3. The van der Waals surface area contributed by atoms with E-state index in [0.29, 0.717) is 5.56 Å². The number of hydrogen-bond donors (Lipinski definition) is 1. The van der Waals surface area contributed by atoms with Crippen molar-refractivity contribution in [1.82, 2.24) is 4.72 Å². The Bertz CT molecular complexity index is 706. The molecule has 0 bridgehead atoms. The number of carbonyl (C=O) groups is 1. The maximum atomic E-state index is 12.3. The molecular formula is C14H15NO3S2. The van der Waals surface area contributed by atoms with E-state index >= 15 is 0 Å². The summed E-state index contributed by atoms with van der Waals surface area (Å²) in [6.07, 6.45) is 0. The van der Waals surface area contributed by atoms with Gasteiger partial charge in [-0.05, 0) is 37.4 Å². The largest absolute Gasteiger partial charge is 0.295 e. The molecule has 0 amide bonds. The lowest BCUT2D eigenvalue weighted by molar-refractivity contribution is 0.101. The lowest BCUT2D eigenvalue weighted by Gasteiger charge is -2.13. The highest BCUT2D eigenvalue weighted by molar-refractivity contribution is 7.89. The van der Waals surface area contributed by atoms with Crippen LogP contribution in [-0.2, 0) is 10.0 Å². The summed E-state index contributed by atoms with van der Waals surface area (Å²) in [5, 5.41) is 1.90. The van der Waals surface area contributed by atoms with Crippen LogP contribution in [0.5, 0.6) is 0 Å². The Hall–Kier alpha value is -1.50. The highest BCUT2D eigenvalue weighted by Gasteiger charge is 2.19. The fourth-order valence-corrected chi connectivity index (χ4v) is 3.86. The van der Waals surface area contributed by atoms with Crippen molar-refractivity contribution in [3.8, 4) is 0 Å². The second-order valence-electron chi connectivity index (χ2n) is 4.44. The Labute approximate surface area is 122 Å². The van der Waals surface area contributed by atoms with E-state index in [0.717, 1.165) is 4.88 Å². The summed E-state index contributed by atoms with van der Waals surface area (Å²) in [5.41, 5.74) is 0.386. The molecule has 1 heterocycles. The monoisotopic (exact) mass is 309 g/mol. The van der Waals surface area contributed by atoms with E-state index in [9.17, 15) is 13.2 Å². The third kappa shape index (κ3) is 3.33. The third-order valence-corrected chi connectivity index (χ3v) is 5.45. The molecule has 106 valence electrons. The summed E-state index contributed by atoms with van der Waals surface area (Å²) < 4.78 is 27.2. The predicted molar refractivity (Wildman–Crippen MR) is 79.5 cm³/mol. The molecule has 2 aromatic rings. The van der Waals surface area contributed by atoms with Crippen LogP contribution in [-0.4, -0.2) is 14.2 Å². The van der Waals surface area contributed by atoms with E-state index in [-0.39, 0.29) is 16.7 Å². The molecule has 20 heavy (non-hydrogen) atoms. The Morgan fingerprint density at radius 3 is 2.60 bits per heavy atom. The van der Waals surface area contributed by atoms with Gasteiger partial charge in [-0.15, -0.1) is 11.3 Å². The Kier molecular flexibility index (Phi) is 4.37. The molecule has 0 aliphatic rings. The van der Waals surface area contributed by atoms with E-state index in [4.69, 9.17) is 0 Å². The first-order chi connectivity index (χ1) is 9.40. The van der Waals surface area contributed by atoms with Crippen LogP contribution < -0.4 is 4.72 Å². The van der Waals surface area contributed by atoms with Crippen LogP contribution in [0.3, 0.4) is 0 Å². The molecule has 1 unspecified atom stereocenters. The van der Waals surface area contributed by atoms with Crippen LogP contribution in [0.25, 0.3) is 0 Å². The van der Waals surface area contributed by atoms with Crippen LogP contribution in [0.4, 0.5) is 0 Å². The number of benzene rings is 1. The first kappa shape index (κ1) is 14.9. The topological polar surface area (TPSA) is 63.2 Å². The fourth-order valence-electron chi connectivity index (χ4n) is 1.78. The minimum atomic E-state index is -3.64. The van der Waals surface area contributed by atoms with Crippen molar-refractivity contribution < 1.29 is 13.2 Å². The van der Waals surface area contributed by atoms with E-state index < -0.39 is 10.0 Å². The highest BCUT2D eigenvalue weighted by Crippen LogP contribution is 2.21. The molecular weight excluding hydrogens is 294 g/mol. The quantitative estimate of drug-likeness (QED) is 0.864. The van der Waals surface area contributed by atoms with Crippen LogP contribution in [0.2, 0.25) is 0 Å². The van der Waals surface area contributed by atoms with Crippen molar-refractivity contribution in [2.45, 2.75) is 24.8 Å². The Morgan fingerprint density at radius 2 is 2.00 bits per heavy atom. The molecule has 4 nitrogen and oxygen atoms in total. The minimum absolute atomic E-state index is 0.105. The predicted octanol–water partition coefficient (Wildman–Crippen LogP) is 2.99. The third-order valence-electron chi connectivity index (χ3n) is 2.85. The van der Waals surface area contributed by atoms with E-state index in [1.54, 1.807) is 19.1 Å². The van der Waals surface area contributed by atoms with Crippen molar-refractivity contribution >= 4 is 27.1 Å². The number of Topliss-reactive ketones (excluding diaryl/α,β-unsaturated/α-hetero) is 1. The minimum Gasteiger partial charge on any atom is -0.295 e. The van der Waals surface area contributed by atoms with Gasteiger partial charge in [0.15, 0.2) is 5.78 Å². The van der Waals surface area contributed by atoms with Gasteiger partial charge < -0.3 is 0 Å². The molecule has 0 saturated heterocycles. The molecule has 0 radical (unpaired) electrons. The Balaban J connectivity index is 2.26. The summed E-state index contributed by atoms with van der Waals surface area (Å²) in [6, 6.07) is 9.50. The lowest BCUT2D eigenvalue weighted by atomic mass is 10.2. The molecule has 0 fully saturated rings. The van der Waals surface area contributed by atoms with Gasteiger partial charge in [-0.25, -0.2) is 13.1 Å².